The Hall–Kier alpha value is -1.36. The highest BCUT2D eigenvalue weighted by Crippen LogP contribution is 2.23. The zero-order valence-corrected chi connectivity index (χ0v) is 10.8. The summed E-state index contributed by atoms with van der Waals surface area (Å²) < 4.78 is 28.3. The van der Waals surface area contributed by atoms with E-state index in [9.17, 15) is 13.6 Å². The van der Waals surface area contributed by atoms with Gasteiger partial charge in [-0.25, -0.2) is 0 Å². The summed E-state index contributed by atoms with van der Waals surface area (Å²) in [4.78, 5) is 11.8. The Morgan fingerprint density at radius 3 is 2.72 bits per heavy atom. The molecule has 6 heteroatoms. The third-order valence-electron chi connectivity index (χ3n) is 2.27. The fourth-order valence-corrected chi connectivity index (χ4v) is 1.23. The van der Waals surface area contributed by atoms with E-state index >= 15 is 0 Å². The van der Waals surface area contributed by atoms with Crippen molar-refractivity contribution in [2.24, 2.45) is 5.41 Å². The van der Waals surface area contributed by atoms with Crippen molar-refractivity contribution in [1.29, 1.82) is 0 Å². The van der Waals surface area contributed by atoms with Crippen molar-refractivity contribution in [1.82, 2.24) is 0 Å². The highest BCUT2D eigenvalue weighted by atomic mass is 35.5. The number of amides is 1. The van der Waals surface area contributed by atoms with Crippen molar-refractivity contribution in [2.45, 2.75) is 20.5 Å². The Bertz CT molecular complexity index is 424. The maximum Gasteiger partial charge on any atom is 0.387 e. The lowest BCUT2D eigenvalue weighted by molar-refractivity contribution is -0.122. The molecular formula is C12H14ClF2NO2. The molecule has 0 saturated heterocycles. The number of benzene rings is 1. The Balaban J connectivity index is 2.76. The van der Waals surface area contributed by atoms with Crippen LogP contribution in [-0.2, 0) is 4.79 Å². The summed E-state index contributed by atoms with van der Waals surface area (Å²) in [6, 6.07) is 5.81. The van der Waals surface area contributed by atoms with Crippen LogP contribution >= 0.6 is 11.6 Å². The van der Waals surface area contributed by atoms with Gasteiger partial charge in [-0.15, -0.1) is 11.6 Å². The fraction of sp³-hybridized carbons (Fsp3) is 0.417. The SMILES string of the molecule is CC(C)(CCl)C(=O)Nc1cccc(OC(F)F)c1. The lowest BCUT2D eigenvalue weighted by atomic mass is 9.95. The first-order valence-corrected chi connectivity index (χ1v) is 5.81. The Labute approximate surface area is 109 Å². The number of hydrogen-bond donors (Lipinski definition) is 1. The van der Waals surface area contributed by atoms with Gasteiger partial charge in [-0.05, 0) is 26.0 Å². The van der Waals surface area contributed by atoms with Crippen LogP contribution in [0.15, 0.2) is 24.3 Å². The minimum absolute atomic E-state index is 0.00789. The molecule has 0 atom stereocenters. The molecule has 1 aromatic rings. The van der Waals surface area contributed by atoms with E-state index in [0.717, 1.165) is 0 Å². The molecule has 0 bridgehead atoms. The van der Waals surface area contributed by atoms with Gasteiger partial charge in [0.1, 0.15) is 5.75 Å². The molecule has 18 heavy (non-hydrogen) atoms. The summed E-state index contributed by atoms with van der Waals surface area (Å²) in [7, 11) is 0. The van der Waals surface area contributed by atoms with E-state index in [4.69, 9.17) is 11.6 Å². The van der Waals surface area contributed by atoms with Gasteiger partial charge in [0.15, 0.2) is 0 Å². The van der Waals surface area contributed by atoms with Crippen molar-refractivity contribution in [3.05, 3.63) is 24.3 Å². The molecule has 1 aromatic carbocycles. The van der Waals surface area contributed by atoms with Crippen LogP contribution in [0.1, 0.15) is 13.8 Å². The first kappa shape index (κ1) is 14.7. The molecule has 100 valence electrons. The van der Waals surface area contributed by atoms with Crippen LogP contribution < -0.4 is 10.1 Å². The molecule has 0 aliphatic carbocycles. The first-order chi connectivity index (χ1) is 8.35. The van der Waals surface area contributed by atoms with Crippen LogP contribution in [0, 0.1) is 5.41 Å². The zero-order chi connectivity index (χ0) is 13.8. The van der Waals surface area contributed by atoms with Gasteiger partial charge in [-0.2, -0.15) is 8.78 Å². The second-order valence-corrected chi connectivity index (χ2v) is 4.65. The smallest absolute Gasteiger partial charge is 0.387 e. The number of rotatable bonds is 5. The third kappa shape index (κ3) is 4.14. The van der Waals surface area contributed by atoms with Crippen molar-refractivity contribution in [3.8, 4) is 5.75 Å². The molecule has 1 N–H and O–H groups in total. The van der Waals surface area contributed by atoms with Crippen LogP contribution in [0.3, 0.4) is 0 Å². The largest absolute Gasteiger partial charge is 0.435 e. The Kier molecular flexibility index (Phi) is 4.90. The highest BCUT2D eigenvalue weighted by Gasteiger charge is 2.26. The van der Waals surface area contributed by atoms with E-state index in [0.29, 0.717) is 5.69 Å². The molecule has 0 spiro atoms. The lowest BCUT2D eigenvalue weighted by Gasteiger charge is -2.20. The van der Waals surface area contributed by atoms with Gasteiger partial charge in [0.25, 0.3) is 0 Å². The Morgan fingerprint density at radius 1 is 1.50 bits per heavy atom. The van der Waals surface area contributed by atoms with Gasteiger partial charge in [0.2, 0.25) is 5.91 Å². The van der Waals surface area contributed by atoms with Gasteiger partial charge in [0.05, 0.1) is 5.41 Å². The van der Waals surface area contributed by atoms with Crippen LogP contribution in [0.25, 0.3) is 0 Å². The van der Waals surface area contributed by atoms with Crippen molar-refractivity contribution >= 4 is 23.2 Å². The molecule has 0 heterocycles. The predicted molar refractivity (Wildman–Crippen MR) is 66.2 cm³/mol. The molecular weight excluding hydrogens is 264 g/mol. The number of carbonyl (C=O) groups excluding carboxylic acids is 1. The average molecular weight is 278 g/mol. The molecule has 0 aliphatic heterocycles. The number of alkyl halides is 3. The number of halogens is 3. The number of nitrogens with one attached hydrogen (secondary N) is 1. The minimum atomic E-state index is -2.89. The molecule has 1 rings (SSSR count). The monoisotopic (exact) mass is 277 g/mol. The topological polar surface area (TPSA) is 38.3 Å². The minimum Gasteiger partial charge on any atom is -0.435 e. The average Bonchev–Trinajstić information content (AvgIpc) is 2.28. The summed E-state index contributed by atoms with van der Waals surface area (Å²) >= 11 is 5.67. The summed E-state index contributed by atoms with van der Waals surface area (Å²) in [5.41, 5.74) is -0.349. The van der Waals surface area contributed by atoms with E-state index in [2.05, 4.69) is 10.1 Å². The fourth-order valence-electron chi connectivity index (χ4n) is 1.11. The summed E-state index contributed by atoms with van der Waals surface area (Å²) in [6.07, 6.45) is 0. The second-order valence-electron chi connectivity index (χ2n) is 4.38. The van der Waals surface area contributed by atoms with Crippen molar-refractivity contribution < 1.29 is 18.3 Å². The van der Waals surface area contributed by atoms with Gasteiger partial charge >= 0.3 is 6.61 Å². The molecule has 1 amide bonds. The summed E-state index contributed by atoms with van der Waals surface area (Å²) in [5.74, 6) is -0.135. The van der Waals surface area contributed by atoms with Gasteiger partial charge in [0, 0.05) is 17.6 Å². The van der Waals surface area contributed by atoms with E-state index in [1.165, 1.54) is 18.2 Å². The summed E-state index contributed by atoms with van der Waals surface area (Å²) in [5, 5.41) is 2.60. The number of carbonyl (C=O) groups is 1. The molecule has 0 radical (unpaired) electrons. The number of anilines is 1. The van der Waals surface area contributed by atoms with Crippen LogP contribution in [0.5, 0.6) is 5.75 Å². The maximum atomic E-state index is 12.0. The molecule has 0 unspecified atom stereocenters. The van der Waals surface area contributed by atoms with Crippen molar-refractivity contribution in [3.63, 3.8) is 0 Å². The maximum absolute atomic E-state index is 12.0. The van der Waals surface area contributed by atoms with Gasteiger partial charge in [-0.3, -0.25) is 4.79 Å². The van der Waals surface area contributed by atoms with Gasteiger partial charge < -0.3 is 10.1 Å². The Morgan fingerprint density at radius 2 is 2.17 bits per heavy atom. The molecule has 0 aromatic heterocycles. The standard InChI is InChI=1S/C12H14ClF2NO2/c1-12(2,7-13)10(17)16-8-4-3-5-9(6-8)18-11(14)15/h3-6,11H,7H2,1-2H3,(H,16,17). The van der Waals surface area contributed by atoms with E-state index in [1.54, 1.807) is 19.9 Å². The highest BCUT2D eigenvalue weighted by molar-refractivity contribution is 6.20. The van der Waals surface area contributed by atoms with Crippen LogP contribution in [-0.4, -0.2) is 18.4 Å². The molecule has 0 fully saturated rings. The molecule has 0 aliphatic rings. The third-order valence-corrected chi connectivity index (χ3v) is 2.93. The zero-order valence-electron chi connectivity index (χ0n) is 10.0. The van der Waals surface area contributed by atoms with E-state index in [-0.39, 0.29) is 17.5 Å². The summed E-state index contributed by atoms with van der Waals surface area (Å²) in [6.45, 7) is 0.485. The van der Waals surface area contributed by atoms with Gasteiger partial charge in [-0.1, -0.05) is 6.07 Å². The quantitative estimate of drug-likeness (QED) is 0.837. The lowest BCUT2D eigenvalue weighted by Crippen LogP contribution is -2.32. The van der Waals surface area contributed by atoms with E-state index in [1.807, 2.05) is 0 Å². The predicted octanol–water partition coefficient (Wildman–Crippen LogP) is 3.49. The molecule has 0 saturated carbocycles. The first-order valence-electron chi connectivity index (χ1n) is 5.27. The number of hydrogen-bond acceptors (Lipinski definition) is 2. The molecule has 3 nitrogen and oxygen atoms in total. The van der Waals surface area contributed by atoms with Crippen LogP contribution in [0.4, 0.5) is 14.5 Å². The number of ether oxygens (including phenoxy) is 1. The normalized spacial score (nSPS) is 11.4. The van der Waals surface area contributed by atoms with E-state index < -0.39 is 12.0 Å². The van der Waals surface area contributed by atoms with Crippen molar-refractivity contribution in [2.75, 3.05) is 11.2 Å². The second kappa shape index (κ2) is 6.00. The van der Waals surface area contributed by atoms with Crippen LogP contribution in [0.2, 0.25) is 0 Å².